The van der Waals surface area contributed by atoms with Crippen molar-refractivity contribution in [1.29, 1.82) is 0 Å². The summed E-state index contributed by atoms with van der Waals surface area (Å²) in [4.78, 5) is 2.05. The number of nitrogens with one attached hydrogen (secondary N) is 1. The second-order valence-electron chi connectivity index (χ2n) is 6.14. The lowest BCUT2D eigenvalue weighted by Crippen LogP contribution is -2.39. The zero-order valence-corrected chi connectivity index (χ0v) is 11.6. The molecular formula is C16H23FN2. The first-order chi connectivity index (χ1) is 9.22. The summed E-state index contributed by atoms with van der Waals surface area (Å²) in [7, 11) is 1.99. The monoisotopic (exact) mass is 262 g/mol. The van der Waals surface area contributed by atoms with Crippen molar-refractivity contribution in [2.75, 3.05) is 18.5 Å². The molecule has 1 N–H and O–H groups in total. The summed E-state index contributed by atoms with van der Waals surface area (Å²) in [6.07, 6.45) is 6.50. The Kier molecular flexibility index (Phi) is 3.74. The molecule has 2 saturated heterocycles. The van der Waals surface area contributed by atoms with Gasteiger partial charge in [0, 0.05) is 25.7 Å². The molecule has 2 unspecified atom stereocenters. The number of anilines is 1. The second-order valence-corrected chi connectivity index (χ2v) is 6.14. The van der Waals surface area contributed by atoms with Gasteiger partial charge in [-0.05, 0) is 50.2 Å². The van der Waals surface area contributed by atoms with E-state index in [4.69, 9.17) is 0 Å². The first-order valence-corrected chi connectivity index (χ1v) is 7.44. The predicted octanol–water partition coefficient (Wildman–Crippen LogP) is 3.18. The summed E-state index contributed by atoms with van der Waals surface area (Å²) in [5.74, 6) is 0.698. The van der Waals surface area contributed by atoms with Crippen LogP contribution >= 0.6 is 0 Å². The summed E-state index contributed by atoms with van der Waals surface area (Å²) in [5.41, 5.74) is 0.722. The van der Waals surface area contributed by atoms with Gasteiger partial charge in [-0.3, -0.25) is 0 Å². The van der Waals surface area contributed by atoms with Crippen molar-refractivity contribution in [2.24, 2.45) is 5.92 Å². The van der Waals surface area contributed by atoms with E-state index in [1.165, 1.54) is 38.2 Å². The van der Waals surface area contributed by atoms with Gasteiger partial charge in [0.05, 0.1) is 5.69 Å². The minimum Gasteiger partial charge on any atom is -0.372 e. The van der Waals surface area contributed by atoms with E-state index >= 15 is 0 Å². The molecule has 0 amide bonds. The molecule has 2 aliphatic heterocycles. The lowest BCUT2D eigenvalue weighted by Gasteiger charge is -2.30. The molecule has 2 bridgehead atoms. The van der Waals surface area contributed by atoms with Crippen LogP contribution < -0.4 is 10.2 Å². The maximum Gasteiger partial charge on any atom is 0.146 e. The molecule has 0 aliphatic carbocycles. The Bertz CT molecular complexity index is 423. The number of hydrogen-bond donors (Lipinski definition) is 1. The number of benzene rings is 1. The van der Waals surface area contributed by atoms with Gasteiger partial charge in [0.25, 0.3) is 0 Å². The zero-order chi connectivity index (χ0) is 13.2. The SMILES string of the molecule is CN(CCC1CC2CCC(C1)N2)c1ccccc1F. The second kappa shape index (κ2) is 5.49. The highest BCUT2D eigenvalue weighted by atomic mass is 19.1. The van der Waals surface area contributed by atoms with Crippen molar-refractivity contribution < 1.29 is 4.39 Å². The fourth-order valence-corrected chi connectivity index (χ4v) is 3.67. The molecule has 0 aromatic heterocycles. The third-order valence-electron chi connectivity index (χ3n) is 4.71. The van der Waals surface area contributed by atoms with Crippen molar-refractivity contribution in [3.05, 3.63) is 30.1 Å². The third-order valence-corrected chi connectivity index (χ3v) is 4.71. The van der Waals surface area contributed by atoms with Gasteiger partial charge in [0.15, 0.2) is 0 Å². The Labute approximate surface area is 115 Å². The van der Waals surface area contributed by atoms with Crippen LogP contribution in [0, 0.1) is 11.7 Å². The maximum atomic E-state index is 13.7. The van der Waals surface area contributed by atoms with Crippen LogP contribution in [0.5, 0.6) is 0 Å². The molecule has 2 fully saturated rings. The first kappa shape index (κ1) is 12.9. The molecule has 104 valence electrons. The Hall–Kier alpha value is -1.09. The largest absolute Gasteiger partial charge is 0.372 e. The molecule has 1 aromatic carbocycles. The summed E-state index contributed by atoms with van der Waals surface area (Å²) >= 11 is 0. The Morgan fingerprint density at radius 3 is 2.58 bits per heavy atom. The normalized spacial score (nSPS) is 29.5. The average molecular weight is 262 g/mol. The van der Waals surface area contributed by atoms with Crippen LogP contribution in [0.1, 0.15) is 32.1 Å². The number of fused-ring (bicyclic) bond motifs is 2. The molecule has 0 radical (unpaired) electrons. The van der Waals surface area contributed by atoms with Crippen LogP contribution in [-0.2, 0) is 0 Å². The van der Waals surface area contributed by atoms with E-state index < -0.39 is 0 Å². The summed E-state index contributed by atoms with van der Waals surface area (Å²) < 4.78 is 13.7. The van der Waals surface area contributed by atoms with Crippen LogP contribution in [-0.4, -0.2) is 25.7 Å². The van der Waals surface area contributed by atoms with Gasteiger partial charge in [-0.2, -0.15) is 0 Å². The molecule has 2 aliphatic rings. The maximum absolute atomic E-state index is 13.7. The summed E-state index contributed by atoms with van der Waals surface area (Å²) in [5, 5.41) is 3.68. The van der Waals surface area contributed by atoms with E-state index in [1.54, 1.807) is 6.07 Å². The number of halogens is 1. The number of nitrogens with zero attached hydrogens (tertiary/aromatic N) is 1. The van der Waals surface area contributed by atoms with Crippen molar-refractivity contribution in [2.45, 2.75) is 44.2 Å². The van der Waals surface area contributed by atoms with Crippen molar-refractivity contribution >= 4 is 5.69 Å². The Morgan fingerprint density at radius 2 is 1.89 bits per heavy atom. The highest BCUT2D eigenvalue weighted by Crippen LogP contribution is 2.33. The van der Waals surface area contributed by atoms with Gasteiger partial charge in [0.1, 0.15) is 5.82 Å². The third kappa shape index (κ3) is 2.92. The van der Waals surface area contributed by atoms with E-state index in [0.717, 1.165) is 30.2 Å². The molecular weight excluding hydrogens is 239 g/mol. The molecule has 3 rings (SSSR count). The molecule has 2 nitrogen and oxygen atoms in total. The zero-order valence-electron chi connectivity index (χ0n) is 11.6. The quantitative estimate of drug-likeness (QED) is 0.896. The van der Waals surface area contributed by atoms with E-state index in [9.17, 15) is 4.39 Å². The van der Waals surface area contributed by atoms with Gasteiger partial charge >= 0.3 is 0 Å². The van der Waals surface area contributed by atoms with Crippen LogP contribution in [0.4, 0.5) is 10.1 Å². The Balaban J connectivity index is 1.53. The fraction of sp³-hybridized carbons (Fsp3) is 0.625. The van der Waals surface area contributed by atoms with E-state index in [1.807, 2.05) is 19.2 Å². The Morgan fingerprint density at radius 1 is 1.21 bits per heavy atom. The van der Waals surface area contributed by atoms with Gasteiger partial charge in [-0.1, -0.05) is 12.1 Å². The van der Waals surface area contributed by atoms with Crippen LogP contribution in [0.25, 0.3) is 0 Å². The molecule has 2 heterocycles. The van der Waals surface area contributed by atoms with Gasteiger partial charge in [0.2, 0.25) is 0 Å². The van der Waals surface area contributed by atoms with E-state index in [0.29, 0.717) is 0 Å². The van der Waals surface area contributed by atoms with E-state index in [-0.39, 0.29) is 5.82 Å². The highest BCUT2D eigenvalue weighted by molar-refractivity contribution is 5.46. The molecule has 0 spiro atoms. The standard InChI is InChI=1S/C16H23FN2/c1-19(16-5-3-2-4-15(16)17)9-8-12-10-13-6-7-14(11-12)18-13/h2-5,12-14,18H,6-11H2,1H3. The minimum absolute atomic E-state index is 0.115. The number of rotatable bonds is 4. The molecule has 19 heavy (non-hydrogen) atoms. The number of piperidine rings is 1. The van der Waals surface area contributed by atoms with E-state index in [2.05, 4.69) is 10.2 Å². The topological polar surface area (TPSA) is 15.3 Å². The summed E-state index contributed by atoms with van der Waals surface area (Å²) in [6.45, 7) is 0.949. The molecule has 1 aromatic rings. The predicted molar refractivity (Wildman–Crippen MR) is 77.0 cm³/mol. The molecule has 3 heteroatoms. The smallest absolute Gasteiger partial charge is 0.146 e. The van der Waals surface area contributed by atoms with Crippen LogP contribution in [0.3, 0.4) is 0 Å². The van der Waals surface area contributed by atoms with Crippen molar-refractivity contribution in [3.8, 4) is 0 Å². The van der Waals surface area contributed by atoms with Gasteiger partial charge < -0.3 is 10.2 Å². The van der Waals surface area contributed by atoms with Crippen LogP contribution in [0.15, 0.2) is 24.3 Å². The fourth-order valence-electron chi connectivity index (χ4n) is 3.67. The average Bonchev–Trinajstić information content (AvgIpc) is 2.76. The van der Waals surface area contributed by atoms with Crippen molar-refractivity contribution in [3.63, 3.8) is 0 Å². The number of para-hydroxylation sites is 1. The lowest BCUT2D eigenvalue weighted by molar-refractivity contribution is 0.288. The molecule has 0 saturated carbocycles. The van der Waals surface area contributed by atoms with Gasteiger partial charge in [-0.15, -0.1) is 0 Å². The van der Waals surface area contributed by atoms with Gasteiger partial charge in [-0.25, -0.2) is 4.39 Å². The minimum atomic E-state index is -0.115. The highest BCUT2D eigenvalue weighted by Gasteiger charge is 2.33. The van der Waals surface area contributed by atoms with Crippen molar-refractivity contribution in [1.82, 2.24) is 5.32 Å². The van der Waals surface area contributed by atoms with Crippen LogP contribution in [0.2, 0.25) is 0 Å². The summed E-state index contributed by atoms with van der Waals surface area (Å²) in [6, 6.07) is 8.56. The molecule has 2 atom stereocenters. The lowest BCUT2D eigenvalue weighted by atomic mass is 9.89. The first-order valence-electron chi connectivity index (χ1n) is 7.44. The number of hydrogen-bond acceptors (Lipinski definition) is 2.